The van der Waals surface area contributed by atoms with Crippen LogP contribution in [0.15, 0.2) is 48.8 Å². The molecular formula is C26H25F3N6O. The molecule has 4 rings (SSSR count). The van der Waals surface area contributed by atoms with Gasteiger partial charge in [-0.3, -0.25) is 4.79 Å². The second kappa shape index (κ2) is 10.3. The van der Waals surface area contributed by atoms with Gasteiger partial charge in [0.05, 0.1) is 11.1 Å². The van der Waals surface area contributed by atoms with Crippen molar-refractivity contribution in [2.45, 2.75) is 13.1 Å². The molecule has 10 heteroatoms. The zero-order valence-electron chi connectivity index (χ0n) is 19.9. The van der Waals surface area contributed by atoms with E-state index < -0.39 is 17.6 Å². The van der Waals surface area contributed by atoms with Gasteiger partial charge in [-0.1, -0.05) is 17.9 Å². The summed E-state index contributed by atoms with van der Waals surface area (Å²) in [5.74, 6) is 5.51. The van der Waals surface area contributed by atoms with Crippen molar-refractivity contribution in [2.75, 3.05) is 49.2 Å². The highest BCUT2D eigenvalue weighted by atomic mass is 19.4. The first-order valence-electron chi connectivity index (χ1n) is 11.3. The van der Waals surface area contributed by atoms with Crippen molar-refractivity contribution in [3.05, 3.63) is 76.6 Å². The molecule has 1 amide bonds. The number of halogens is 3. The number of carbonyl (C=O) groups is 1. The number of nitrogen functional groups attached to an aromatic ring is 1. The number of likely N-dealkylation sites (N-methyl/N-ethyl adjacent to an activating group) is 1. The first kappa shape index (κ1) is 25.0. The summed E-state index contributed by atoms with van der Waals surface area (Å²) < 4.78 is 40.8. The molecule has 2 aromatic carbocycles. The highest BCUT2D eigenvalue weighted by Crippen LogP contribution is 2.35. The van der Waals surface area contributed by atoms with Crippen LogP contribution in [0.2, 0.25) is 0 Å². The molecule has 0 unspecified atom stereocenters. The summed E-state index contributed by atoms with van der Waals surface area (Å²) in [6, 6.07) is 8.60. The van der Waals surface area contributed by atoms with Gasteiger partial charge in [-0.2, -0.15) is 13.2 Å². The van der Waals surface area contributed by atoms with Gasteiger partial charge in [-0.05, 0) is 49.9 Å². The number of piperazine rings is 1. The molecule has 0 bridgehead atoms. The fraction of sp³-hybridized carbons (Fsp3) is 0.269. The van der Waals surface area contributed by atoms with E-state index in [1.54, 1.807) is 24.3 Å². The number of aryl methyl sites for hydroxylation is 1. The van der Waals surface area contributed by atoms with Crippen molar-refractivity contribution in [1.82, 2.24) is 14.9 Å². The molecule has 2 heterocycles. The van der Waals surface area contributed by atoms with Gasteiger partial charge in [0.2, 0.25) is 5.95 Å². The molecule has 1 aromatic heterocycles. The van der Waals surface area contributed by atoms with Crippen molar-refractivity contribution < 1.29 is 18.0 Å². The zero-order chi connectivity index (χ0) is 25.9. The smallest absolute Gasteiger partial charge is 0.369 e. The zero-order valence-corrected chi connectivity index (χ0v) is 19.9. The van der Waals surface area contributed by atoms with Crippen molar-refractivity contribution in [1.29, 1.82) is 0 Å². The van der Waals surface area contributed by atoms with E-state index in [4.69, 9.17) is 5.73 Å². The van der Waals surface area contributed by atoms with E-state index in [0.717, 1.165) is 30.8 Å². The molecule has 0 spiro atoms. The monoisotopic (exact) mass is 494 g/mol. The summed E-state index contributed by atoms with van der Waals surface area (Å²) in [5, 5.41) is 2.63. The quantitative estimate of drug-likeness (QED) is 0.539. The normalized spacial score (nSPS) is 14.2. The lowest BCUT2D eigenvalue weighted by Crippen LogP contribution is -2.44. The van der Waals surface area contributed by atoms with E-state index in [1.165, 1.54) is 12.4 Å². The van der Waals surface area contributed by atoms with Crippen molar-refractivity contribution in [3.63, 3.8) is 0 Å². The van der Waals surface area contributed by atoms with Crippen LogP contribution in [0.3, 0.4) is 0 Å². The Balaban J connectivity index is 1.59. The molecule has 0 aliphatic carbocycles. The molecule has 0 saturated carbocycles. The van der Waals surface area contributed by atoms with Gasteiger partial charge in [0.15, 0.2) is 0 Å². The number of benzene rings is 2. The number of anilines is 3. The number of alkyl halides is 3. The maximum absolute atomic E-state index is 13.6. The summed E-state index contributed by atoms with van der Waals surface area (Å²) in [6.07, 6.45) is -1.56. The standard InChI is InChI=1S/C26H25F3N6O/c1-17-3-5-20(11-19(17)6-4-18-15-31-25(30)32-16-18)24(36)33-22-12-21(26(27,28)29)13-23(14-22)35-9-7-34(2)8-10-35/h3,5,11-16H,7-10H2,1-2H3,(H,33,36)(H2,30,31,32). The lowest BCUT2D eigenvalue weighted by Gasteiger charge is -2.34. The Hall–Kier alpha value is -4.10. The topological polar surface area (TPSA) is 87.4 Å². The summed E-state index contributed by atoms with van der Waals surface area (Å²) in [7, 11) is 1.97. The summed E-state index contributed by atoms with van der Waals surface area (Å²) >= 11 is 0. The van der Waals surface area contributed by atoms with Crippen LogP contribution in [-0.2, 0) is 6.18 Å². The van der Waals surface area contributed by atoms with Gasteiger partial charge >= 0.3 is 6.18 Å². The molecule has 3 aromatic rings. The Kier molecular flexibility index (Phi) is 7.12. The van der Waals surface area contributed by atoms with Gasteiger partial charge < -0.3 is 20.9 Å². The van der Waals surface area contributed by atoms with Crippen LogP contribution >= 0.6 is 0 Å². The third kappa shape index (κ3) is 6.12. The Morgan fingerprint density at radius 1 is 1.03 bits per heavy atom. The number of nitrogens with two attached hydrogens (primary N) is 1. The lowest BCUT2D eigenvalue weighted by molar-refractivity contribution is -0.137. The Labute approximate surface area is 207 Å². The number of amides is 1. The number of nitrogens with zero attached hydrogens (tertiary/aromatic N) is 4. The molecule has 1 aliphatic rings. The minimum atomic E-state index is -4.54. The lowest BCUT2D eigenvalue weighted by atomic mass is 10.0. The molecule has 3 N–H and O–H groups in total. The second-order valence-electron chi connectivity index (χ2n) is 8.62. The average Bonchev–Trinajstić information content (AvgIpc) is 2.84. The van der Waals surface area contributed by atoms with E-state index in [9.17, 15) is 18.0 Å². The van der Waals surface area contributed by atoms with Crippen LogP contribution in [0, 0.1) is 18.8 Å². The molecule has 0 radical (unpaired) electrons. The van der Waals surface area contributed by atoms with Crippen LogP contribution in [0.5, 0.6) is 0 Å². The number of carbonyl (C=O) groups excluding carboxylic acids is 1. The van der Waals surface area contributed by atoms with Crippen LogP contribution < -0.4 is 16.0 Å². The molecule has 1 fully saturated rings. The minimum Gasteiger partial charge on any atom is -0.369 e. The molecule has 1 aliphatic heterocycles. The van der Waals surface area contributed by atoms with Gasteiger partial charge in [0.1, 0.15) is 0 Å². The largest absolute Gasteiger partial charge is 0.416 e. The predicted molar refractivity (Wildman–Crippen MR) is 133 cm³/mol. The van der Waals surface area contributed by atoms with E-state index in [-0.39, 0.29) is 17.2 Å². The van der Waals surface area contributed by atoms with Gasteiger partial charge in [0, 0.05) is 61.1 Å². The van der Waals surface area contributed by atoms with E-state index >= 15 is 0 Å². The number of aromatic nitrogens is 2. The van der Waals surface area contributed by atoms with Crippen LogP contribution in [-0.4, -0.2) is 54.0 Å². The van der Waals surface area contributed by atoms with Gasteiger partial charge in [-0.25, -0.2) is 9.97 Å². The number of rotatable bonds is 3. The number of hydrogen-bond acceptors (Lipinski definition) is 6. The maximum Gasteiger partial charge on any atom is 0.416 e. The SMILES string of the molecule is Cc1ccc(C(=O)Nc2cc(N3CCN(C)CC3)cc(C(F)(F)F)c2)cc1C#Cc1cnc(N)nc1. The number of nitrogens with one attached hydrogen (secondary N) is 1. The third-order valence-electron chi connectivity index (χ3n) is 5.88. The molecule has 7 nitrogen and oxygen atoms in total. The molecule has 1 saturated heterocycles. The van der Waals surface area contributed by atoms with Gasteiger partial charge in [-0.15, -0.1) is 0 Å². The Morgan fingerprint density at radius 3 is 2.39 bits per heavy atom. The summed E-state index contributed by atoms with van der Waals surface area (Å²) in [4.78, 5) is 24.8. The van der Waals surface area contributed by atoms with Crippen LogP contribution in [0.25, 0.3) is 0 Å². The minimum absolute atomic E-state index is 0.0796. The Morgan fingerprint density at radius 2 is 1.72 bits per heavy atom. The van der Waals surface area contributed by atoms with Crippen molar-refractivity contribution in [3.8, 4) is 11.8 Å². The highest BCUT2D eigenvalue weighted by molar-refractivity contribution is 6.04. The first-order chi connectivity index (χ1) is 17.1. The third-order valence-corrected chi connectivity index (χ3v) is 5.88. The average molecular weight is 495 g/mol. The van der Waals surface area contributed by atoms with E-state index in [1.807, 2.05) is 18.9 Å². The summed E-state index contributed by atoms with van der Waals surface area (Å²) in [6.45, 7) is 4.54. The fourth-order valence-electron chi connectivity index (χ4n) is 3.74. The maximum atomic E-state index is 13.6. The van der Waals surface area contributed by atoms with Crippen molar-refractivity contribution >= 4 is 23.2 Å². The fourth-order valence-corrected chi connectivity index (χ4v) is 3.74. The Bertz CT molecular complexity index is 1320. The van der Waals surface area contributed by atoms with E-state index in [2.05, 4.69) is 32.0 Å². The van der Waals surface area contributed by atoms with Gasteiger partial charge in [0.25, 0.3) is 5.91 Å². The summed E-state index contributed by atoms with van der Waals surface area (Å²) in [5.41, 5.74) is 7.45. The first-order valence-corrected chi connectivity index (χ1v) is 11.3. The van der Waals surface area contributed by atoms with Crippen LogP contribution in [0.4, 0.5) is 30.5 Å². The second-order valence-corrected chi connectivity index (χ2v) is 8.62. The highest BCUT2D eigenvalue weighted by Gasteiger charge is 2.32. The molecule has 186 valence electrons. The molecule has 0 atom stereocenters. The van der Waals surface area contributed by atoms with E-state index in [0.29, 0.717) is 29.9 Å². The number of hydrogen-bond donors (Lipinski definition) is 2. The van der Waals surface area contributed by atoms with Crippen LogP contribution in [0.1, 0.15) is 32.6 Å². The molecular weight excluding hydrogens is 469 g/mol. The molecule has 36 heavy (non-hydrogen) atoms. The van der Waals surface area contributed by atoms with Crippen molar-refractivity contribution in [2.24, 2.45) is 0 Å². The predicted octanol–water partition coefficient (Wildman–Crippen LogP) is 3.79.